The average molecular weight is 259 g/mol. The van der Waals surface area contributed by atoms with Crippen molar-refractivity contribution in [2.75, 3.05) is 42.5 Å². The number of carbonyl (C=O) groups is 1. The van der Waals surface area contributed by atoms with Gasteiger partial charge >= 0.3 is 0 Å². The third-order valence-corrected chi connectivity index (χ3v) is 4.16. The first-order valence-electron chi connectivity index (χ1n) is 7.17. The van der Waals surface area contributed by atoms with Crippen molar-refractivity contribution in [1.82, 2.24) is 5.32 Å². The number of benzene rings is 1. The van der Waals surface area contributed by atoms with Gasteiger partial charge < -0.3 is 15.1 Å². The summed E-state index contributed by atoms with van der Waals surface area (Å²) < 4.78 is 0. The van der Waals surface area contributed by atoms with Crippen molar-refractivity contribution in [3.05, 3.63) is 24.3 Å². The van der Waals surface area contributed by atoms with E-state index in [-0.39, 0.29) is 11.8 Å². The molecule has 1 aromatic carbocycles. The van der Waals surface area contributed by atoms with Gasteiger partial charge in [0, 0.05) is 26.2 Å². The van der Waals surface area contributed by atoms with Gasteiger partial charge in [0.15, 0.2) is 0 Å². The molecule has 3 rings (SSSR count). The van der Waals surface area contributed by atoms with E-state index in [1.54, 1.807) is 0 Å². The van der Waals surface area contributed by atoms with E-state index in [4.69, 9.17) is 0 Å². The number of hydrogen-bond donors (Lipinski definition) is 1. The van der Waals surface area contributed by atoms with Gasteiger partial charge in [0.25, 0.3) is 0 Å². The molecule has 1 atom stereocenters. The van der Waals surface area contributed by atoms with Crippen LogP contribution >= 0.6 is 0 Å². The van der Waals surface area contributed by atoms with Gasteiger partial charge in [0.2, 0.25) is 5.91 Å². The molecule has 19 heavy (non-hydrogen) atoms. The van der Waals surface area contributed by atoms with Crippen molar-refractivity contribution in [3.8, 4) is 0 Å². The van der Waals surface area contributed by atoms with E-state index in [0.29, 0.717) is 0 Å². The molecule has 2 aliphatic rings. The lowest BCUT2D eigenvalue weighted by atomic mass is 10.1. The highest BCUT2D eigenvalue weighted by molar-refractivity contribution is 5.99. The zero-order chi connectivity index (χ0) is 13.2. The van der Waals surface area contributed by atoms with Crippen molar-refractivity contribution in [1.29, 1.82) is 0 Å². The van der Waals surface area contributed by atoms with E-state index in [0.717, 1.165) is 44.8 Å². The molecule has 1 amide bonds. The van der Waals surface area contributed by atoms with E-state index >= 15 is 0 Å². The molecule has 102 valence electrons. The van der Waals surface area contributed by atoms with Crippen molar-refractivity contribution >= 4 is 17.3 Å². The second kappa shape index (κ2) is 5.21. The number of carbonyl (C=O) groups excluding carboxylic acids is 1. The van der Waals surface area contributed by atoms with E-state index in [1.807, 2.05) is 17.0 Å². The Morgan fingerprint density at radius 1 is 1.32 bits per heavy atom. The standard InChI is InChI=1S/C15H21N3O/c1-2-17-9-10-18(14-6-4-3-5-13(14)17)15(19)12-7-8-16-11-12/h3-6,12,16H,2,7-11H2,1H3. The van der Waals surface area contributed by atoms with Gasteiger partial charge in [-0.1, -0.05) is 12.1 Å². The third-order valence-electron chi connectivity index (χ3n) is 4.16. The summed E-state index contributed by atoms with van der Waals surface area (Å²) in [5.74, 6) is 0.439. The fraction of sp³-hybridized carbons (Fsp3) is 0.533. The maximum Gasteiger partial charge on any atom is 0.231 e. The quantitative estimate of drug-likeness (QED) is 0.873. The average Bonchev–Trinajstić information content (AvgIpc) is 2.99. The number of nitrogens with one attached hydrogen (secondary N) is 1. The summed E-state index contributed by atoms with van der Waals surface area (Å²) in [7, 11) is 0. The number of likely N-dealkylation sites (N-methyl/N-ethyl adjacent to an activating group) is 1. The third kappa shape index (κ3) is 2.21. The molecule has 1 fully saturated rings. The molecule has 2 heterocycles. The van der Waals surface area contributed by atoms with Crippen LogP contribution in [-0.4, -0.2) is 38.6 Å². The topological polar surface area (TPSA) is 35.6 Å². The zero-order valence-electron chi connectivity index (χ0n) is 11.4. The fourth-order valence-electron chi connectivity index (χ4n) is 3.06. The number of amides is 1. The van der Waals surface area contributed by atoms with Crippen molar-refractivity contribution in [2.24, 2.45) is 5.92 Å². The lowest BCUT2D eigenvalue weighted by Crippen LogP contribution is -2.46. The normalized spacial score (nSPS) is 22.5. The number of fused-ring (bicyclic) bond motifs is 1. The Bertz CT molecular complexity index is 468. The summed E-state index contributed by atoms with van der Waals surface area (Å²) >= 11 is 0. The molecule has 4 nitrogen and oxygen atoms in total. The van der Waals surface area contributed by atoms with Gasteiger partial charge in [-0.25, -0.2) is 0 Å². The monoisotopic (exact) mass is 259 g/mol. The molecule has 0 bridgehead atoms. The lowest BCUT2D eigenvalue weighted by molar-refractivity contribution is -0.121. The molecule has 4 heteroatoms. The molecule has 1 N–H and O–H groups in total. The van der Waals surface area contributed by atoms with Crippen molar-refractivity contribution in [2.45, 2.75) is 13.3 Å². The smallest absolute Gasteiger partial charge is 0.231 e. The summed E-state index contributed by atoms with van der Waals surface area (Å²) in [6.07, 6.45) is 0.967. The van der Waals surface area contributed by atoms with Crippen LogP contribution in [-0.2, 0) is 4.79 Å². The molecule has 1 aromatic rings. The molecule has 0 saturated carbocycles. The first-order chi connectivity index (χ1) is 9.31. The van der Waals surface area contributed by atoms with E-state index in [2.05, 4.69) is 29.3 Å². The van der Waals surface area contributed by atoms with E-state index < -0.39 is 0 Å². The molecular weight excluding hydrogens is 238 g/mol. The Morgan fingerprint density at radius 3 is 2.79 bits per heavy atom. The molecule has 0 radical (unpaired) electrons. The van der Waals surface area contributed by atoms with Crippen LogP contribution < -0.4 is 15.1 Å². The highest BCUT2D eigenvalue weighted by Gasteiger charge is 2.31. The fourth-order valence-corrected chi connectivity index (χ4v) is 3.06. The van der Waals surface area contributed by atoms with Crippen LogP contribution in [0.4, 0.5) is 11.4 Å². The number of para-hydroxylation sites is 2. The Morgan fingerprint density at radius 2 is 2.11 bits per heavy atom. The SMILES string of the molecule is CCN1CCN(C(=O)C2CCNC2)c2ccccc21. The lowest BCUT2D eigenvalue weighted by Gasteiger charge is -2.38. The maximum absolute atomic E-state index is 12.6. The Balaban J connectivity index is 1.89. The molecule has 2 aliphatic heterocycles. The van der Waals surface area contributed by atoms with Crippen LogP contribution in [0, 0.1) is 5.92 Å². The highest BCUT2D eigenvalue weighted by Crippen LogP contribution is 2.33. The van der Waals surface area contributed by atoms with Crippen molar-refractivity contribution in [3.63, 3.8) is 0 Å². The summed E-state index contributed by atoms with van der Waals surface area (Å²) in [6, 6.07) is 8.25. The molecule has 1 unspecified atom stereocenters. The number of rotatable bonds is 2. The van der Waals surface area contributed by atoms with E-state index in [9.17, 15) is 4.79 Å². The predicted octanol–water partition coefficient (Wildman–Crippen LogP) is 1.47. The van der Waals surface area contributed by atoms with Crippen LogP contribution in [0.25, 0.3) is 0 Å². The van der Waals surface area contributed by atoms with Gasteiger partial charge in [0.1, 0.15) is 0 Å². The summed E-state index contributed by atoms with van der Waals surface area (Å²) in [5.41, 5.74) is 2.27. The van der Waals surface area contributed by atoms with Crippen LogP contribution in [0.5, 0.6) is 0 Å². The van der Waals surface area contributed by atoms with Gasteiger partial charge in [-0.3, -0.25) is 4.79 Å². The minimum Gasteiger partial charge on any atom is -0.368 e. The Kier molecular flexibility index (Phi) is 3.42. The molecule has 0 aliphatic carbocycles. The molecule has 0 aromatic heterocycles. The zero-order valence-corrected chi connectivity index (χ0v) is 11.4. The summed E-state index contributed by atoms with van der Waals surface area (Å²) in [4.78, 5) is 17.0. The maximum atomic E-state index is 12.6. The van der Waals surface area contributed by atoms with Crippen LogP contribution in [0.15, 0.2) is 24.3 Å². The first-order valence-corrected chi connectivity index (χ1v) is 7.17. The highest BCUT2D eigenvalue weighted by atomic mass is 16.2. The minimum atomic E-state index is 0.154. The molecular formula is C15H21N3O. The van der Waals surface area contributed by atoms with Crippen LogP contribution in [0.3, 0.4) is 0 Å². The second-order valence-corrected chi connectivity index (χ2v) is 5.25. The largest absolute Gasteiger partial charge is 0.368 e. The number of hydrogen-bond acceptors (Lipinski definition) is 3. The number of nitrogens with zero attached hydrogens (tertiary/aromatic N) is 2. The Labute approximate surface area is 114 Å². The minimum absolute atomic E-state index is 0.154. The van der Waals surface area contributed by atoms with Gasteiger partial charge in [-0.05, 0) is 32.0 Å². The van der Waals surface area contributed by atoms with E-state index in [1.165, 1.54) is 5.69 Å². The molecule has 1 saturated heterocycles. The van der Waals surface area contributed by atoms with Crippen molar-refractivity contribution < 1.29 is 4.79 Å². The first kappa shape index (κ1) is 12.5. The number of anilines is 2. The van der Waals surface area contributed by atoms with Crippen LogP contribution in [0.1, 0.15) is 13.3 Å². The van der Waals surface area contributed by atoms with Gasteiger partial charge in [-0.2, -0.15) is 0 Å². The predicted molar refractivity (Wildman–Crippen MR) is 77.7 cm³/mol. The Hall–Kier alpha value is -1.55. The van der Waals surface area contributed by atoms with Gasteiger partial charge in [-0.15, -0.1) is 0 Å². The van der Waals surface area contributed by atoms with Crippen LogP contribution in [0.2, 0.25) is 0 Å². The molecule has 0 spiro atoms. The summed E-state index contributed by atoms with van der Waals surface area (Å²) in [5, 5.41) is 3.28. The second-order valence-electron chi connectivity index (χ2n) is 5.25. The summed E-state index contributed by atoms with van der Waals surface area (Å²) in [6.45, 7) is 6.68. The van der Waals surface area contributed by atoms with Gasteiger partial charge in [0.05, 0.1) is 17.3 Å².